The number of methoxy groups -OCH3 is 1. The molecule has 0 aliphatic rings. The fourth-order valence-corrected chi connectivity index (χ4v) is 1.66. The second-order valence-electron chi connectivity index (χ2n) is 3.84. The average Bonchev–Trinajstić information content (AvgIpc) is 2.65. The third-order valence-electron chi connectivity index (χ3n) is 2.50. The molecule has 0 amide bonds. The number of nitrogens with one attached hydrogen (secondary N) is 1. The summed E-state index contributed by atoms with van der Waals surface area (Å²) in [5, 5.41) is 16.7. The van der Waals surface area contributed by atoms with E-state index in [0.717, 1.165) is 12.1 Å². The normalized spacial score (nSPS) is 13.0. The highest BCUT2D eigenvalue weighted by Gasteiger charge is 2.09. The molecule has 5 nitrogen and oxygen atoms in total. The topological polar surface area (TPSA) is 59.3 Å². The minimum atomic E-state index is -0.0186. The first-order valence-electron chi connectivity index (χ1n) is 5.55. The predicted octanol–water partition coefficient (Wildman–Crippen LogP) is 0.0794. The number of nitrogens with zero attached hydrogens (tertiary/aromatic N) is 2. The quantitative estimate of drug-likeness (QED) is 0.692. The van der Waals surface area contributed by atoms with Crippen LogP contribution in [0, 0.1) is 0 Å². The van der Waals surface area contributed by atoms with E-state index in [9.17, 15) is 0 Å². The monoisotopic (exact) mass is 227 g/mol. The van der Waals surface area contributed by atoms with Crippen molar-refractivity contribution in [1.82, 2.24) is 15.1 Å². The SMILES string of the molecule is CCc1nn(C)cc1CNC(CO)COC. The summed E-state index contributed by atoms with van der Waals surface area (Å²) in [4.78, 5) is 0. The first kappa shape index (κ1) is 13.2. The Kier molecular flexibility index (Phi) is 5.45. The maximum atomic E-state index is 9.10. The van der Waals surface area contributed by atoms with Gasteiger partial charge in [0.1, 0.15) is 0 Å². The van der Waals surface area contributed by atoms with E-state index in [1.807, 2.05) is 17.9 Å². The number of aryl methyl sites for hydroxylation is 2. The second-order valence-corrected chi connectivity index (χ2v) is 3.84. The van der Waals surface area contributed by atoms with Crippen LogP contribution in [-0.4, -0.2) is 41.3 Å². The molecule has 0 fully saturated rings. The maximum absolute atomic E-state index is 9.10. The predicted molar refractivity (Wildman–Crippen MR) is 62.2 cm³/mol. The lowest BCUT2D eigenvalue weighted by molar-refractivity contribution is 0.128. The van der Waals surface area contributed by atoms with Crippen molar-refractivity contribution in [3.05, 3.63) is 17.5 Å². The van der Waals surface area contributed by atoms with Crippen molar-refractivity contribution in [1.29, 1.82) is 0 Å². The Bertz CT molecular complexity index is 312. The van der Waals surface area contributed by atoms with Crippen molar-refractivity contribution in [2.45, 2.75) is 25.9 Å². The minimum absolute atomic E-state index is 0.0186. The largest absolute Gasteiger partial charge is 0.395 e. The summed E-state index contributed by atoms with van der Waals surface area (Å²) in [5.74, 6) is 0. The summed E-state index contributed by atoms with van der Waals surface area (Å²) in [6.07, 6.45) is 2.93. The first-order valence-corrected chi connectivity index (χ1v) is 5.55. The average molecular weight is 227 g/mol. The maximum Gasteiger partial charge on any atom is 0.0666 e. The van der Waals surface area contributed by atoms with Gasteiger partial charge in [0.2, 0.25) is 0 Å². The van der Waals surface area contributed by atoms with Crippen molar-refractivity contribution in [2.24, 2.45) is 7.05 Å². The van der Waals surface area contributed by atoms with Crippen LogP contribution in [0.15, 0.2) is 6.20 Å². The summed E-state index contributed by atoms with van der Waals surface area (Å²) in [5.41, 5.74) is 2.28. The molecule has 0 spiro atoms. The van der Waals surface area contributed by atoms with Gasteiger partial charge in [0.05, 0.1) is 24.9 Å². The zero-order valence-corrected chi connectivity index (χ0v) is 10.2. The highest BCUT2D eigenvalue weighted by atomic mass is 16.5. The van der Waals surface area contributed by atoms with Gasteiger partial charge in [-0.05, 0) is 6.42 Å². The van der Waals surface area contributed by atoms with Gasteiger partial charge in [0, 0.05) is 32.5 Å². The number of aromatic nitrogens is 2. The van der Waals surface area contributed by atoms with E-state index in [2.05, 4.69) is 17.3 Å². The Hall–Kier alpha value is -0.910. The van der Waals surface area contributed by atoms with Crippen molar-refractivity contribution in [3.8, 4) is 0 Å². The van der Waals surface area contributed by atoms with Crippen LogP contribution in [0.5, 0.6) is 0 Å². The Morgan fingerprint density at radius 1 is 1.62 bits per heavy atom. The van der Waals surface area contributed by atoms with Gasteiger partial charge in [0.15, 0.2) is 0 Å². The van der Waals surface area contributed by atoms with E-state index in [0.29, 0.717) is 13.2 Å². The van der Waals surface area contributed by atoms with E-state index >= 15 is 0 Å². The number of hydrogen-bond acceptors (Lipinski definition) is 4. The number of ether oxygens (including phenoxy) is 1. The van der Waals surface area contributed by atoms with Crippen molar-refractivity contribution < 1.29 is 9.84 Å². The summed E-state index contributed by atoms with van der Waals surface area (Å²) >= 11 is 0. The first-order chi connectivity index (χ1) is 7.71. The molecule has 0 aliphatic carbocycles. The summed E-state index contributed by atoms with van der Waals surface area (Å²) < 4.78 is 6.82. The molecule has 0 aromatic carbocycles. The number of aliphatic hydroxyl groups is 1. The fraction of sp³-hybridized carbons (Fsp3) is 0.727. The molecule has 1 rings (SSSR count). The van der Waals surface area contributed by atoms with Crippen LogP contribution in [0.1, 0.15) is 18.2 Å². The Balaban J connectivity index is 2.52. The van der Waals surface area contributed by atoms with Crippen molar-refractivity contribution in [3.63, 3.8) is 0 Å². The summed E-state index contributed by atoms with van der Waals surface area (Å²) in [7, 11) is 3.55. The van der Waals surface area contributed by atoms with Crippen LogP contribution in [0.2, 0.25) is 0 Å². The van der Waals surface area contributed by atoms with Crippen LogP contribution >= 0.6 is 0 Å². The molecule has 1 atom stereocenters. The standard InChI is InChI=1S/C11H21N3O2/c1-4-11-9(6-14(2)13-11)5-12-10(7-15)8-16-3/h6,10,12,15H,4-5,7-8H2,1-3H3. The van der Waals surface area contributed by atoms with Gasteiger partial charge < -0.3 is 15.2 Å². The lowest BCUT2D eigenvalue weighted by Crippen LogP contribution is -2.36. The molecule has 0 saturated heterocycles. The Morgan fingerprint density at radius 3 is 2.94 bits per heavy atom. The highest BCUT2D eigenvalue weighted by molar-refractivity contribution is 5.16. The van der Waals surface area contributed by atoms with Gasteiger partial charge in [-0.15, -0.1) is 0 Å². The highest BCUT2D eigenvalue weighted by Crippen LogP contribution is 2.06. The minimum Gasteiger partial charge on any atom is -0.395 e. The van der Waals surface area contributed by atoms with Gasteiger partial charge in [-0.25, -0.2) is 0 Å². The van der Waals surface area contributed by atoms with Gasteiger partial charge >= 0.3 is 0 Å². The molecule has 0 saturated carbocycles. The van der Waals surface area contributed by atoms with Crippen molar-refractivity contribution >= 4 is 0 Å². The number of hydrogen-bond donors (Lipinski definition) is 2. The molecule has 1 aromatic heterocycles. The lowest BCUT2D eigenvalue weighted by Gasteiger charge is -2.14. The molecular weight excluding hydrogens is 206 g/mol. The zero-order chi connectivity index (χ0) is 12.0. The number of aliphatic hydroxyl groups excluding tert-OH is 1. The molecule has 1 unspecified atom stereocenters. The molecule has 2 N–H and O–H groups in total. The van der Waals surface area contributed by atoms with Gasteiger partial charge in [-0.2, -0.15) is 5.10 Å². The molecule has 1 aromatic rings. The molecule has 0 radical (unpaired) electrons. The summed E-state index contributed by atoms with van der Waals surface area (Å²) in [6, 6.07) is -0.0186. The van der Waals surface area contributed by atoms with E-state index in [1.54, 1.807) is 7.11 Å². The molecule has 0 aliphatic heterocycles. The molecule has 1 heterocycles. The molecule has 92 valence electrons. The second kappa shape index (κ2) is 6.62. The summed E-state index contributed by atoms with van der Waals surface area (Å²) in [6.45, 7) is 3.39. The van der Waals surface area contributed by atoms with Crippen molar-refractivity contribution in [2.75, 3.05) is 20.3 Å². The van der Waals surface area contributed by atoms with E-state index < -0.39 is 0 Å². The number of rotatable bonds is 7. The van der Waals surface area contributed by atoms with E-state index in [1.165, 1.54) is 5.56 Å². The van der Waals surface area contributed by atoms with Crippen LogP contribution < -0.4 is 5.32 Å². The molecule has 16 heavy (non-hydrogen) atoms. The smallest absolute Gasteiger partial charge is 0.0666 e. The third kappa shape index (κ3) is 3.59. The third-order valence-corrected chi connectivity index (χ3v) is 2.50. The van der Waals surface area contributed by atoms with Crippen LogP contribution in [0.25, 0.3) is 0 Å². The molecule has 5 heteroatoms. The zero-order valence-electron chi connectivity index (χ0n) is 10.2. The molecular formula is C11H21N3O2. The van der Waals surface area contributed by atoms with Crippen LogP contribution in [0.4, 0.5) is 0 Å². The fourth-order valence-electron chi connectivity index (χ4n) is 1.66. The molecule has 0 bridgehead atoms. The lowest BCUT2D eigenvalue weighted by atomic mass is 10.2. The van der Waals surface area contributed by atoms with Crippen LogP contribution in [0.3, 0.4) is 0 Å². The van der Waals surface area contributed by atoms with Crippen LogP contribution in [-0.2, 0) is 24.8 Å². The Labute approximate surface area is 96.4 Å². The van der Waals surface area contributed by atoms with E-state index in [-0.39, 0.29) is 12.6 Å². The van der Waals surface area contributed by atoms with E-state index in [4.69, 9.17) is 9.84 Å². The van der Waals surface area contributed by atoms with Gasteiger partial charge in [-0.1, -0.05) is 6.92 Å². The van der Waals surface area contributed by atoms with Gasteiger partial charge in [-0.3, -0.25) is 4.68 Å². The van der Waals surface area contributed by atoms with Gasteiger partial charge in [0.25, 0.3) is 0 Å². The Morgan fingerprint density at radius 2 is 2.38 bits per heavy atom.